The third-order valence-corrected chi connectivity index (χ3v) is 12.3. The fraction of sp³-hybridized carbons (Fsp3) is 0.250. The quantitative estimate of drug-likeness (QED) is 0.0972. The maximum absolute atomic E-state index is 4.47. The summed E-state index contributed by atoms with van der Waals surface area (Å²) in [5.41, 5.74) is 0.164. The van der Waals surface area contributed by atoms with E-state index in [2.05, 4.69) is 156 Å². The van der Waals surface area contributed by atoms with Crippen molar-refractivity contribution in [3.8, 4) is 0 Å². The number of rotatable bonds is 9. The summed E-state index contributed by atoms with van der Waals surface area (Å²) >= 11 is 0. The van der Waals surface area contributed by atoms with Gasteiger partial charge in [0.25, 0.3) is 0 Å². The van der Waals surface area contributed by atoms with Gasteiger partial charge < -0.3 is 21.8 Å². The fourth-order valence-electron chi connectivity index (χ4n) is 4.23. The minimum Gasteiger partial charge on any atom is -0.358 e. The van der Waals surface area contributed by atoms with Crippen molar-refractivity contribution in [2.24, 2.45) is 11.3 Å². The van der Waals surface area contributed by atoms with Crippen molar-refractivity contribution in [2.45, 2.75) is 34.1 Å². The molecule has 0 aliphatic carbocycles. The standard InChI is InChI=1S/C30H31P2.C4H10.2CH3.Ru/c1-3-30(2,24-31(26-16-8-4-9-17-26)27-18-10-5-11-19-27)25-32(28-20-12-6-13-21-28)29-22-14-7-15-23-29;1-4(2)3;;;/h4-23H,1,3,24-25H2,2H3;4H,1-3H3;2*1H3;/q-1;;2*-1;+3/p+1. The first-order chi connectivity index (χ1) is 17.4. The Labute approximate surface area is 256 Å². The normalized spacial score (nSPS) is 11.8. The van der Waals surface area contributed by atoms with E-state index in [1.165, 1.54) is 27.4 Å². The maximum atomic E-state index is 4.47. The molecule has 209 valence electrons. The van der Waals surface area contributed by atoms with E-state index in [0.29, 0.717) is 0 Å². The molecule has 0 fully saturated rings. The van der Waals surface area contributed by atoms with Gasteiger partial charge in [-0.25, -0.2) is 0 Å². The largest absolute Gasteiger partial charge is 3.00 e. The Balaban J connectivity index is 0.00000193. The third kappa shape index (κ3) is 12.2. The molecule has 1 atom stereocenters. The molecular weight excluding hydrogens is 595 g/mol. The van der Waals surface area contributed by atoms with Crippen LogP contribution in [0.2, 0.25) is 0 Å². The topological polar surface area (TPSA) is 0 Å². The van der Waals surface area contributed by atoms with Crippen LogP contribution in [0.25, 0.3) is 0 Å². The molecule has 0 heterocycles. The average molecular weight is 644 g/mol. The second-order valence-electron chi connectivity index (χ2n) is 10.4. The Kier molecular flexibility index (Phi) is 18.6. The van der Waals surface area contributed by atoms with Crippen LogP contribution in [0.5, 0.6) is 0 Å². The van der Waals surface area contributed by atoms with Crippen LogP contribution >= 0.6 is 15.8 Å². The molecule has 4 aromatic carbocycles. The van der Waals surface area contributed by atoms with E-state index < -0.39 is 15.8 Å². The molecule has 0 spiro atoms. The molecular formula is C36H48P2Ru+. The van der Waals surface area contributed by atoms with Crippen molar-refractivity contribution >= 4 is 37.1 Å². The molecule has 0 unspecified atom stereocenters. The molecule has 4 aromatic rings. The summed E-state index contributed by atoms with van der Waals surface area (Å²) in [4.78, 5) is 0. The van der Waals surface area contributed by atoms with E-state index in [1.807, 2.05) is 0 Å². The van der Waals surface area contributed by atoms with Gasteiger partial charge >= 0.3 is 19.5 Å². The minimum atomic E-state index is -0.906. The van der Waals surface area contributed by atoms with Gasteiger partial charge in [0.05, 0.1) is 24.7 Å². The summed E-state index contributed by atoms with van der Waals surface area (Å²) in [6.45, 7) is 13.4. The van der Waals surface area contributed by atoms with Crippen molar-refractivity contribution in [3.05, 3.63) is 143 Å². The summed E-state index contributed by atoms with van der Waals surface area (Å²) in [5.74, 6) is 0.833. The van der Waals surface area contributed by atoms with Crippen molar-refractivity contribution in [1.82, 2.24) is 0 Å². The van der Waals surface area contributed by atoms with Gasteiger partial charge in [0.15, 0.2) is 0 Å². The first-order valence-corrected chi connectivity index (χ1v) is 16.3. The van der Waals surface area contributed by atoms with Gasteiger partial charge in [0.2, 0.25) is 0 Å². The van der Waals surface area contributed by atoms with Gasteiger partial charge in [-0.1, -0.05) is 125 Å². The van der Waals surface area contributed by atoms with Crippen LogP contribution < -0.4 is 21.2 Å². The maximum Gasteiger partial charge on any atom is 3.00 e. The Morgan fingerprint density at radius 3 is 1.26 bits per heavy atom. The molecule has 4 rings (SSSR count). The Hall–Kier alpha value is -1.64. The average Bonchev–Trinajstić information content (AvgIpc) is 2.92. The van der Waals surface area contributed by atoms with E-state index in [9.17, 15) is 0 Å². The second-order valence-corrected chi connectivity index (χ2v) is 15.1. The molecule has 0 nitrogen and oxygen atoms in total. The molecule has 0 aromatic heterocycles. The molecule has 0 bridgehead atoms. The van der Waals surface area contributed by atoms with E-state index in [-0.39, 0.29) is 39.7 Å². The predicted molar refractivity (Wildman–Crippen MR) is 181 cm³/mol. The predicted octanol–water partition coefficient (Wildman–Crippen LogP) is 8.78. The van der Waals surface area contributed by atoms with Crippen molar-refractivity contribution < 1.29 is 19.5 Å². The van der Waals surface area contributed by atoms with E-state index in [1.54, 1.807) is 0 Å². The van der Waals surface area contributed by atoms with Gasteiger partial charge in [-0.05, 0) is 60.3 Å². The van der Waals surface area contributed by atoms with Crippen LogP contribution in [0, 0.1) is 33.1 Å². The minimum absolute atomic E-state index is 0. The fourth-order valence-corrected chi connectivity index (χ4v) is 10.3. The molecule has 0 amide bonds. The van der Waals surface area contributed by atoms with Crippen LogP contribution in [-0.2, 0) is 19.5 Å². The summed E-state index contributed by atoms with van der Waals surface area (Å²) in [7, 11) is -1.34. The van der Waals surface area contributed by atoms with E-state index in [4.69, 9.17) is 0 Å². The second kappa shape index (κ2) is 19.4. The Morgan fingerprint density at radius 1 is 0.641 bits per heavy atom. The summed E-state index contributed by atoms with van der Waals surface area (Å²) in [5, 5.41) is 5.90. The Morgan fingerprint density at radius 2 is 0.949 bits per heavy atom. The first-order valence-electron chi connectivity index (χ1n) is 13.1. The van der Waals surface area contributed by atoms with Gasteiger partial charge in [-0.15, -0.1) is 0 Å². The summed E-state index contributed by atoms with van der Waals surface area (Å²) < 4.78 is 0. The zero-order valence-corrected chi connectivity index (χ0v) is 28.4. The molecule has 39 heavy (non-hydrogen) atoms. The molecule has 0 N–H and O–H groups in total. The van der Waals surface area contributed by atoms with Crippen molar-refractivity contribution in [3.63, 3.8) is 0 Å². The van der Waals surface area contributed by atoms with Gasteiger partial charge in [-0.2, -0.15) is 6.42 Å². The zero-order chi connectivity index (χ0) is 25.8. The van der Waals surface area contributed by atoms with Crippen LogP contribution in [0.3, 0.4) is 0 Å². The third-order valence-electron chi connectivity index (χ3n) is 6.13. The number of hydrogen-bond acceptors (Lipinski definition) is 0. The smallest absolute Gasteiger partial charge is 0.358 e. The van der Waals surface area contributed by atoms with Crippen LogP contribution in [0.15, 0.2) is 121 Å². The van der Waals surface area contributed by atoms with Crippen molar-refractivity contribution in [1.29, 1.82) is 0 Å². The van der Waals surface area contributed by atoms with Gasteiger partial charge in [0.1, 0.15) is 0 Å². The van der Waals surface area contributed by atoms with Gasteiger partial charge in [0, 0.05) is 0 Å². The van der Waals surface area contributed by atoms with E-state index >= 15 is 0 Å². The molecule has 0 aliphatic heterocycles. The molecule has 0 saturated carbocycles. The van der Waals surface area contributed by atoms with Crippen LogP contribution in [-0.4, -0.2) is 12.3 Å². The van der Waals surface area contributed by atoms with Gasteiger partial charge in [-0.3, -0.25) is 0 Å². The monoisotopic (exact) mass is 644 g/mol. The zero-order valence-electron chi connectivity index (χ0n) is 24.8. The Bertz CT molecular complexity index is 949. The molecule has 3 heteroatoms. The molecule has 0 aliphatic rings. The summed E-state index contributed by atoms with van der Waals surface area (Å²) in [6, 6.07) is 44.5. The number of benzene rings is 4. The van der Waals surface area contributed by atoms with Crippen LogP contribution in [0.1, 0.15) is 34.1 Å². The SMILES string of the molecule is CC(C)C.[CH2-]C[C@@](C)(CP(c1ccccc1)c1ccccc1)C[PH+](c1ccccc1)c1ccccc1.[CH3-].[CH3-].[Ru+3]. The summed E-state index contributed by atoms with van der Waals surface area (Å²) in [6.07, 6.45) is 3.29. The molecule has 1 radical (unpaired) electrons. The van der Waals surface area contributed by atoms with E-state index in [0.717, 1.165) is 18.5 Å². The molecule has 0 saturated heterocycles. The number of hydrogen-bond donors (Lipinski definition) is 0. The first kappa shape index (κ1) is 37.4. The van der Waals surface area contributed by atoms with Crippen LogP contribution in [0.4, 0.5) is 0 Å². The van der Waals surface area contributed by atoms with Crippen molar-refractivity contribution in [2.75, 3.05) is 12.3 Å².